The molecule has 5 nitrogen and oxygen atoms in total. The molecule has 1 aromatic rings. The maximum absolute atomic E-state index is 12.8. The lowest BCUT2D eigenvalue weighted by Gasteiger charge is -2.08. The fourth-order valence-electron chi connectivity index (χ4n) is 0.897. The highest BCUT2D eigenvalue weighted by molar-refractivity contribution is 6.44. The predicted molar refractivity (Wildman–Crippen MR) is 57.4 cm³/mol. The quantitative estimate of drug-likeness (QED) is 0.307. The van der Waals surface area contributed by atoms with Crippen LogP contribution >= 0.6 is 23.2 Å². The Labute approximate surface area is 99.7 Å². The van der Waals surface area contributed by atoms with Gasteiger partial charge in [-0.3, -0.25) is 15.0 Å². The van der Waals surface area contributed by atoms with E-state index in [1.165, 1.54) is 0 Å². The summed E-state index contributed by atoms with van der Waals surface area (Å²) in [6.07, 6.45) is 0. The molecule has 0 fully saturated rings. The van der Waals surface area contributed by atoms with Crippen LogP contribution in [0, 0.1) is 5.82 Å². The van der Waals surface area contributed by atoms with E-state index < -0.39 is 17.6 Å². The predicted octanol–water partition coefficient (Wildman–Crippen LogP) is 1.06. The molecule has 16 heavy (non-hydrogen) atoms. The first-order chi connectivity index (χ1) is 7.45. The lowest BCUT2D eigenvalue weighted by atomic mass is 10.3. The summed E-state index contributed by atoms with van der Waals surface area (Å²) in [6, 6.07) is 1.90. The minimum Gasteiger partial charge on any atom is -0.315 e. The highest BCUT2D eigenvalue weighted by Crippen LogP contribution is 2.31. The minimum absolute atomic E-state index is 0.0571. The molecule has 4 N–H and O–H groups in total. The number of rotatable bonds is 1. The van der Waals surface area contributed by atoms with Gasteiger partial charge in [-0.25, -0.2) is 10.2 Å². The number of benzene rings is 1. The first-order valence-corrected chi connectivity index (χ1v) is 4.67. The molecule has 0 bridgehead atoms. The summed E-state index contributed by atoms with van der Waals surface area (Å²) in [5.41, 5.74) is 1.57. The molecule has 0 radical (unpaired) electrons. The van der Waals surface area contributed by atoms with E-state index in [0.29, 0.717) is 0 Å². The number of hydrogen-bond donors (Lipinski definition) is 3. The van der Waals surface area contributed by atoms with Crippen LogP contribution in [0.15, 0.2) is 12.1 Å². The summed E-state index contributed by atoms with van der Waals surface area (Å²) in [5.74, 6) is 1.95. The van der Waals surface area contributed by atoms with Crippen molar-refractivity contribution in [1.29, 1.82) is 0 Å². The number of halogens is 3. The second-order valence-electron chi connectivity index (χ2n) is 2.67. The van der Waals surface area contributed by atoms with Gasteiger partial charge in [0, 0.05) is 0 Å². The standard InChI is InChI=1S/C8H6Cl2FN3O2/c9-4-1-3(11)2-5(10)6(4)13-7(15)8(16)14-12/h1-2H,12H2,(H,13,15)(H,14,16). The highest BCUT2D eigenvalue weighted by atomic mass is 35.5. The summed E-state index contributed by atoms with van der Waals surface area (Å²) >= 11 is 11.2. The van der Waals surface area contributed by atoms with Gasteiger partial charge in [0.2, 0.25) is 0 Å². The van der Waals surface area contributed by atoms with Crippen molar-refractivity contribution < 1.29 is 14.0 Å². The van der Waals surface area contributed by atoms with Gasteiger partial charge < -0.3 is 5.32 Å². The van der Waals surface area contributed by atoms with E-state index in [2.05, 4.69) is 5.32 Å². The third-order valence-corrected chi connectivity index (χ3v) is 2.18. The smallest absolute Gasteiger partial charge is 0.315 e. The molecule has 0 unspecified atom stereocenters. The molecule has 0 aromatic heterocycles. The van der Waals surface area contributed by atoms with Crippen molar-refractivity contribution in [3.8, 4) is 0 Å². The van der Waals surface area contributed by atoms with E-state index in [9.17, 15) is 14.0 Å². The molecular weight excluding hydrogens is 260 g/mol. The van der Waals surface area contributed by atoms with Gasteiger partial charge in [-0.1, -0.05) is 23.2 Å². The van der Waals surface area contributed by atoms with Crippen LogP contribution in [0.4, 0.5) is 10.1 Å². The zero-order valence-electron chi connectivity index (χ0n) is 7.68. The third-order valence-electron chi connectivity index (χ3n) is 1.58. The lowest BCUT2D eigenvalue weighted by Crippen LogP contribution is -2.39. The molecule has 1 rings (SSSR count). The third kappa shape index (κ3) is 2.82. The van der Waals surface area contributed by atoms with Crippen molar-refractivity contribution in [2.45, 2.75) is 0 Å². The molecule has 0 heterocycles. The van der Waals surface area contributed by atoms with Gasteiger partial charge in [-0.05, 0) is 12.1 Å². The number of nitrogens with one attached hydrogen (secondary N) is 2. The average Bonchev–Trinajstić information content (AvgIpc) is 2.21. The summed E-state index contributed by atoms with van der Waals surface area (Å²) in [6.45, 7) is 0. The Kier molecular flexibility index (Phi) is 4.05. The first-order valence-electron chi connectivity index (χ1n) is 3.92. The number of hydrogen-bond acceptors (Lipinski definition) is 3. The Bertz CT molecular complexity index is 430. The number of carbonyl (C=O) groups excluding carboxylic acids is 2. The largest absolute Gasteiger partial charge is 0.323 e. The van der Waals surface area contributed by atoms with Gasteiger partial charge in [0.1, 0.15) is 5.82 Å². The van der Waals surface area contributed by atoms with Crippen molar-refractivity contribution in [3.05, 3.63) is 28.0 Å². The molecule has 0 atom stereocenters. The van der Waals surface area contributed by atoms with Gasteiger partial charge >= 0.3 is 11.8 Å². The van der Waals surface area contributed by atoms with E-state index in [1.54, 1.807) is 5.43 Å². The number of nitrogens with two attached hydrogens (primary N) is 1. The summed E-state index contributed by atoms with van der Waals surface area (Å²) in [4.78, 5) is 21.9. The van der Waals surface area contributed by atoms with Gasteiger partial charge in [0.05, 0.1) is 15.7 Å². The van der Waals surface area contributed by atoms with Crippen molar-refractivity contribution in [1.82, 2.24) is 5.43 Å². The fourth-order valence-corrected chi connectivity index (χ4v) is 1.45. The highest BCUT2D eigenvalue weighted by Gasteiger charge is 2.16. The van der Waals surface area contributed by atoms with E-state index in [-0.39, 0.29) is 15.7 Å². The van der Waals surface area contributed by atoms with E-state index in [0.717, 1.165) is 12.1 Å². The van der Waals surface area contributed by atoms with Crippen LogP contribution in [-0.4, -0.2) is 11.8 Å². The monoisotopic (exact) mass is 265 g/mol. The molecule has 0 saturated heterocycles. The Morgan fingerprint density at radius 1 is 1.19 bits per heavy atom. The summed E-state index contributed by atoms with van der Waals surface area (Å²) in [5, 5.41) is 1.85. The topological polar surface area (TPSA) is 84.2 Å². The van der Waals surface area contributed by atoms with E-state index in [4.69, 9.17) is 29.0 Å². The molecule has 0 aliphatic rings. The number of carbonyl (C=O) groups is 2. The molecule has 8 heteroatoms. The second kappa shape index (κ2) is 5.11. The second-order valence-corrected chi connectivity index (χ2v) is 3.49. The van der Waals surface area contributed by atoms with Crippen LogP contribution in [0.2, 0.25) is 10.0 Å². The minimum atomic E-state index is -1.07. The zero-order valence-corrected chi connectivity index (χ0v) is 9.19. The molecular formula is C8H6Cl2FN3O2. The first kappa shape index (κ1) is 12.7. The van der Waals surface area contributed by atoms with Crippen molar-refractivity contribution in [2.75, 3.05) is 5.32 Å². The molecule has 0 saturated carbocycles. The van der Waals surface area contributed by atoms with Crippen molar-refractivity contribution in [3.63, 3.8) is 0 Å². The van der Waals surface area contributed by atoms with Crippen molar-refractivity contribution >= 4 is 40.7 Å². The molecule has 1 aromatic carbocycles. The molecule has 0 aliphatic heterocycles. The van der Waals surface area contributed by atoms with Crippen LogP contribution in [0.5, 0.6) is 0 Å². The van der Waals surface area contributed by atoms with Crippen LogP contribution in [0.25, 0.3) is 0 Å². The Morgan fingerprint density at radius 3 is 2.12 bits per heavy atom. The van der Waals surface area contributed by atoms with Crippen LogP contribution < -0.4 is 16.6 Å². The number of amides is 2. The fraction of sp³-hybridized carbons (Fsp3) is 0. The van der Waals surface area contributed by atoms with E-state index in [1.807, 2.05) is 0 Å². The number of hydrazine groups is 1. The Balaban J connectivity index is 2.98. The van der Waals surface area contributed by atoms with Gasteiger partial charge in [-0.15, -0.1) is 0 Å². The van der Waals surface area contributed by atoms with Gasteiger partial charge in [0.25, 0.3) is 0 Å². The maximum atomic E-state index is 12.8. The van der Waals surface area contributed by atoms with E-state index >= 15 is 0 Å². The van der Waals surface area contributed by atoms with Crippen molar-refractivity contribution in [2.24, 2.45) is 5.84 Å². The SMILES string of the molecule is NNC(=O)C(=O)Nc1c(Cl)cc(F)cc1Cl. The van der Waals surface area contributed by atoms with Crippen LogP contribution in [0.1, 0.15) is 0 Å². The maximum Gasteiger partial charge on any atom is 0.323 e. The molecule has 0 aliphatic carbocycles. The lowest BCUT2D eigenvalue weighted by molar-refractivity contribution is -0.136. The Morgan fingerprint density at radius 2 is 1.69 bits per heavy atom. The summed E-state index contributed by atoms with van der Waals surface area (Å²) in [7, 11) is 0. The summed E-state index contributed by atoms with van der Waals surface area (Å²) < 4.78 is 12.8. The van der Waals surface area contributed by atoms with Crippen LogP contribution in [0.3, 0.4) is 0 Å². The van der Waals surface area contributed by atoms with Crippen LogP contribution in [-0.2, 0) is 9.59 Å². The Hall–Kier alpha value is -1.37. The molecule has 86 valence electrons. The zero-order chi connectivity index (χ0) is 12.3. The van der Waals surface area contributed by atoms with Gasteiger partial charge in [-0.2, -0.15) is 0 Å². The normalized spacial score (nSPS) is 9.75. The average molecular weight is 266 g/mol. The molecule has 0 spiro atoms. The molecule has 2 amide bonds. The van der Waals surface area contributed by atoms with Gasteiger partial charge in [0.15, 0.2) is 0 Å². The number of anilines is 1.